The van der Waals surface area contributed by atoms with E-state index in [0.717, 1.165) is 44.9 Å². The van der Waals surface area contributed by atoms with E-state index < -0.39 is 0 Å². The summed E-state index contributed by atoms with van der Waals surface area (Å²) in [5, 5.41) is 0. The van der Waals surface area contributed by atoms with Crippen LogP contribution in [0, 0.1) is 28.6 Å². The van der Waals surface area contributed by atoms with Crippen molar-refractivity contribution in [2.75, 3.05) is 0 Å². The standard InChI is InChI=1S/C20H28O2/c1-3-20-11-9-16-15(17(20)6-7-18(20)22)5-4-13-12-14(21)8-10-19(13,16)2/h4,15-17H,3,5-12H2,1-2H3/t15-,16+,17+,19+,20+/m1/s1. The van der Waals surface area contributed by atoms with Crippen molar-refractivity contribution < 1.29 is 9.59 Å². The summed E-state index contributed by atoms with van der Waals surface area (Å²) < 4.78 is 0. The Hall–Kier alpha value is -0.920. The van der Waals surface area contributed by atoms with Gasteiger partial charge in [-0.2, -0.15) is 0 Å². The van der Waals surface area contributed by atoms with Crippen molar-refractivity contribution in [3.05, 3.63) is 11.6 Å². The number of Topliss-reactive ketones (excluding diaryl/α,β-unsaturated/α-hetero) is 2. The van der Waals surface area contributed by atoms with E-state index in [9.17, 15) is 9.59 Å². The molecule has 0 N–H and O–H groups in total. The number of ketones is 2. The maximum atomic E-state index is 12.6. The highest BCUT2D eigenvalue weighted by Crippen LogP contribution is 2.64. The van der Waals surface area contributed by atoms with Gasteiger partial charge in [0.15, 0.2) is 0 Å². The van der Waals surface area contributed by atoms with E-state index in [0.29, 0.717) is 35.7 Å². The first kappa shape index (κ1) is 14.7. The van der Waals surface area contributed by atoms with Gasteiger partial charge in [-0.05, 0) is 61.7 Å². The summed E-state index contributed by atoms with van der Waals surface area (Å²) in [6.07, 6.45) is 11.3. The van der Waals surface area contributed by atoms with Crippen LogP contribution in [0.25, 0.3) is 0 Å². The molecule has 2 heteroatoms. The Morgan fingerprint density at radius 3 is 2.73 bits per heavy atom. The van der Waals surface area contributed by atoms with Gasteiger partial charge in [-0.3, -0.25) is 9.59 Å². The van der Waals surface area contributed by atoms with Crippen LogP contribution < -0.4 is 0 Å². The zero-order valence-corrected chi connectivity index (χ0v) is 14.0. The molecule has 4 aliphatic carbocycles. The van der Waals surface area contributed by atoms with Crippen molar-refractivity contribution in [1.29, 1.82) is 0 Å². The Balaban J connectivity index is 1.71. The average Bonchev–Trinajstić information content (AvgIpc) is 2.86. The Morgan fingerprint density at radius 1 is 1.14 bits per heavy atom. The summed E-state index contributed by atoms with van der Waals surface area (Å²) in [4.78, 5) is 24.4. The van der Waals surface area contributed by atoms with E-state index in [2.05, 4.69) is 19.9 Å². The Labute approximate surface area is 133 Å². The largest absolute Gasteiger partial charge is 0.299 e. The van der Waals surface area contributed by atoms with Crippen molar-refractivity contribution in [3.63, 3.8) is 0 Å². The van der Waals surface area contributed by atoms with Crippen molar-refractivity contribution in [3.8, 4) is 0 Å². The highest BCUT2D eigenvalue weighted by Gasteiger charge is 2.59. The molecule has 3 saturated carbocycles. The third-order valence-electron chi connectivity index (χ3n) is 8.01. The second-order valence-corrected chi connectivity index (χ2v) is 8.49. The van der Waals surface area contributed by atoms with Gasteiger partial charge in [-0.15, -0.1) is 0 Å². The molecule has 22 heavy (non-hydrogen) atoms. The van der Waals surface area contributed by atoms with Crippen LogP contribution in [-0.2, 0) is 9.59 Å². The van der Waals surface area contributed by atoms with Gasteiger partial charge >= 0.3 is 0 Å². The first-order valence-electron chi connectivity index (χ1n) is 9.26. The van der Waals surface area contributed by atoms with Crippen LogP contribution in [-0.4, -0.2) is 11.6 Å². The number of hydrogen-bond donors (Lipinski definition) is 0. The molecular weight excluding hydrogens is 272 g/mol. The van der Waals surface area contributed by atoms with E-state index in [1.165, 1.54) is 12.0 Å². The maximum Gasteiger partial charge on any atom is 0.139 e. The number of carbonyl (C=O) groups excluding carboxylic acids is 2. The lowest BCUT2D eigenvalue weighted by Gasteiger charge is -2.56. The zero-order valence-electron chi connectivity index (χ0n) is 14.0. The van der Waals surface area contributed by atoms with Crippen LogP contribution in [0.1, 0.15) is 71.6 Å². The second kappa shape index (κ2) is 4.79. The lowest BCUT2D eigenvalue weighted by Crippen LogP contribution is -2.50. The van der Waals surface area contributed by atoms with E-state index in [4.69, 9.17) is 0 Å². The van der Waals surface area contributed by atoms with Crippen LogP contribution in [0.2, 0.25) is 0 Å². The SMILES string of the molecule is CC[C@]12CC[C@H]3[C@@H](CC=C4CC(=O)CC[C@@]43C)[C@@H]1CCC2=O. The van der Waals surface area contributed by atoms with Gasteiger partial charge in [0, 0.05) is 24.7 Å². The first-order chi connectivity index (χ1) is 10.5. The van der Waals surface area contributed by atoms with Crippen LogP contribution in [0.15, 0.2) is 11.6 Å². The fourth-order valence-electron chi connectivity index (χ4n) is 6.70. The lowest BCUT2D eigenvalue weighted by molar-refractivity contribution is -0.134. The predicted molar refractivity (Wildman–Crippen MR) is 86.3 cm³/mol. The molecule has 3 fully saturated rings. The molecule has 2 nitrogen and oxygen atoms in total. The topological polar surface area (TPSA) is 34.1 Å². The number of rotatable bonds is 1. The van der Waals surface area contributed by atoms with Crippen LogP contribution in [0.5, 0.6) is 0 Å². The Bertz CT molecular complexity index is 560. The molecule has 0 radical (unpaired) electrons. The van der Waals surface area contributed by atoms with Gasteiger partial charge in [-0.25, -0.2) is 0 Å². The molecule has 0 aromatic heterocycles. The molecule has 0 bridgehead atoms. The summed E-state index contributed by atoms with van der Waals surface area (Å²) in [5.74, 6) is 2.98. The van der Waals surface area contributed by atoms with Crippen molar-refractivity contribution in [1.82, 2.24) is 0 Å². The van der Waals surface area contributed by atoms with Gasteiger partial charge in [0.25, 0.3) is 0 Å². The minimum absolute atomic E-state index is 0.00730. The highest BCUT2D eigenvalue weighted by molar-refractivity contribution is 5.87. The Morgan fingerprint density at radius 2 is 1.95 bits per heavy atom. The summed E-state index contributed by atoms with van der Waals surface area (Å²) in [5.41, 5.74) is 1.67. The number of carbonyl (C=O) groups is 2. The zero-order chi connectivity index (χ0) is 15.5. The van der Waals surface area contributed by atoms with E-state index >= 15 is 0 Å². The molecule has 0 unspecified atom stereocenters. The minimum atomic E-state index is 0.00730. The molecule has 4 rings (SSSR count). The third-order valence-corrected chi connectivity index (χ3v) is 8.01. The molecule has 4 aliphatic rings. The predicted octanol–water partition coefficient (Wildman–Crippen LogP) is 4.48. The molecule has 0 aliphatic heterocycles. The number of fused-ring (bicyclic) bond motifs is 5. The van der Waals surface area contributed by atoms with Crippen LogP contribution in [0.3, 0.4) is 0 Å². The van der Waals surface area contributed by atoms with E-state index in [1.807, 2.05) is 0 Å². The van der Waals surface area contributed by atoms with Gasteiger partial charge < -0.3 is 0 Å². The second-order valence-electron chi connectivity index (χ2n) is 8.49. The quantitative estimate of drug-likeness (QED) is 0.669. The monoisotopic (exact) mass is 300 g/mol. The summed E-state index contributed by atoms with van der Waals surface area (Å²) in [6, 6.07) is 0. The number of hydrogen-bond acceptors (Lipinski definition) is 2. The molecule has 0 aromatic rings. The van der Waals surface area contributed by atoms with Crippen molar-refractivity contribution in [2.24, 2.45) is 28.6 Å². The van der Waals surface area contributed by atoms with Gasteiger partial charge in [-0.1, -0.05) is 25.5 Å². The van der Waals surface area contributed by atoms with Crippen molar-refractivity contribution in [2.45, 2.75) is 71.6 Å². The van der Waals surface area contributed by atoms with Crippen molar-refractivity contribution >= 4 is 11.6 Å². The van der Waals surface area contributed by atoms with Gasteiger partial charge in [0.2, 0.25) is 0 Å². The van der Waals surface area contributed by atoms with Gasteiger partial charge in [0.1, 0.15) is 11.6 Å². The molecule has 0 saturated heterocycles. The highest BCUT2D eigenvalue weighted by atomic mass is 16.1. The smallest absolute Gasteiger partial charge is 0.139 e. The fraction of sp³-hybridized carbons (Fsp3) is 0.800. The van der Waals surface area contributed by atoms with Crippen LogP contribution in [0.4, 0.5) is 0 Å². The first-order valence-corrected chi connectivity index (χ1v) is 9.26. The van der Waals surface area contributed by atoms with Gasteiger partial charge in [0.05, 0.1) is 0 Å². The molecule has 0 aromatic carbocycles. The summed E-state index contributed by atoms with van der Waals surface area (Å²) in [6.45, 7) is 4.64. The molecule has 5 atom stereocenters. The van der Waals surface area contributed by atoms with Crippen LogP contribution >= 0.6 is 0 Å². The minimum Gasteiger partial charge on any atom is -0.299 e. The maximum absolute atomic E-state index is 12.6. The summed E-state index contributed by atoms with van der Waals surface area (Å²) >= 11 is 0. The normalized spacial score (nSPS) is 47.5. The molecule has 0 amide bonds. The number of allylic oxidation sites excluding steroid dienone is 2. The van der Waals surface area contributed by atoms with E-state index in [-0.39, 0.29) is 10.8 Å². The molecular formula is C20H28O2. The summed E-state index contributed by atoms with van der Waals surface area (Å²) in [7, 11) is 0. The lowest BCUT2D eigenvalue weighted by atomic mass is 9.47. The molecule has 0 spiro atoms. The van der Waals surface area contributed by atoms with E-state index in [1.54, 1.807) is 0 Å². The third kappa shape index (κ3) is 1.73. The fourth-order valence-corrected chi connectivity index (χ4v) is 6.70. The Kier molecular flexibility index (Phi) is 3.19. The molecule has 120 valence electrons. The average molecular weight is 300 g/mol. The molecule has 0 heterocycles.